The molecule has 0 saturated heterocycles. The number of likely N-dealkylation sites (N-methyl/N-ethyl adjacent to an activating group) is 1. The van der Waals surface area contributed by atoms with E-state index in [4.69, 9.17) is 4.74 Å². The van der Waals surface area contributed by atoms with Crippen LogP contribution in [-0.2, 0) is 12.6 Å². The fraction of sp³-hybridized carbons (Fsp3) is 0.385. The maximum Gasteiger partial charge on any atom is 0.471 e. The third-order valence-electron chi connectivity index (χ3n) is 3.06. The van der Waals surface area contributed by atoms with Gasteiger partial charge < -0.3 is 19.1 Å². The van der Waals surface area contributed by atoms with Crippen LogP contribution in [0.1, 0.15) is 22.2 Å². The SMILES string of the molecule is COc1c[nH]c(C(=O)N(C)CCc2noc(C(F)(F)F)n2)cc1=O. The molecule has 0 unspecified atom stereocenters. The van der Waals surface area contributed by atoms with Crippen molar-refractivity contribution in [3.8, 4) is 5.75 Å². The Hall–Kier alpha value is -2.85. The lowest BCUT2D eigenvalue weighted by molar-refractivity contribution is -0.159. The topological polar surface area (TPSA) is 101 Å². The van der Waals surface area contributed by atoms with Crippen molar-refractivity contribution in [3.63, 3.8) is 0 Å². The number of carbonyl (C=O) groups is 1. The van der Waals surface area contributed by atoms with Crippen molar-refractivity contribution < 1.29 is 27.2 Å². The number of aromatic amines is 1. The monoisotopic (exact) mass is 346 g/mol. The number of hydrogen-bond acceptors (Lipinski definition) is 6. The van der Waals surface area contributed by atoms with Gasteiger partial charge in [0.15, 0.2) is 11.6 Å². The third-order valence-corrected chi connectivity index (χ3v) is 3.06. The van der Waals surface area contributed by atoms with E-state index in [1.807, 2.05) is 0 Å². The predicted octanol–water partition coefficient (Wildman–Crippen LogP) is 1.10. The second-order valence-corrected chi connectivity index (χ2v) is 4.77. The van der Waals surface area contributed by atoms with Gasteiger partial charge in [-0.1, -0.05) is 5.16 Å². The molecule has 0 saturated carbocycles. The van der Waals surface area contributed by atoms with Gasteiger partial charge in [0, 0.05) is 32.3 Å². The lowest BCUT2D eigenvalue weighted by atomic mass is 10.3. The first-order chi connectivity index (χ1) is 11.2. The van der Waals surface area contributed by atoms with Crippen LogP contribution in [0.25, 0.3) is 0 Å². The molecule has 1 N–H and O–H groups in total. The van der Waals surface area contributed by atoms with Gasteiger partial charge in [0.05, 0.1) is 7.11 Å². The van der Waals surface area contributed by atoms with Gasteiger partial charge in [0.25, 0.3) is 5.91 Å². The van der Waals surface area contributed by atoms with Crippen molar-refractivity contribution >= 4 is 5.91 Å². The highest BCUT2D eigenvalue weighted by Crippen LogP contribution is 2.27. The summed E-state index contributed by atoms with van der Waals surface area (Å²) in [5.41, 5.74) is -0.451. The number of alkyl halides is 3. The average molecular weight is 346 g/mol. The molecule has 11 heteroatoms. The molecule has 130 valence electrons. The van der Waals surface area contributed by atoms with Crippen LogP contribution in [0.2, 0.25) is 0 Å². The maximum atomic E-state index is 12.3. The third kappa shape index (κ3) is 3.91. The Kier molecular flexibility index (Phi) is 4.90. The summed E-state index contributed by atoms with van der Waals surface area (Å²) in [6, 6.07) is 1.08. The van der Waals surface area contributed by atoms with Crippen LogP contribution in [0.15, 0.2) is 21.6 Å². The van der Waals surface area contributed by atoms with Crippen molar-refractivity contribution in [2.24, 2.45) is 0 Å². The summed E-state index contributed by atoms with van der Waals surface area (Å²) < 4.78 is 45.9. The van der Waals surface area contributed by atoms with Gasteiger partial charge in [-0.15, -0.1) is 0 Å². The van der Waals surface area contributed by atoms with Crippen molar-refractivity contribution in [3.05, 3.63) is 39.9 Å². The number of methoxy groups -OCH3 is 1. The normalized spacial score (nSPS) is 11.4. The van der Waals surface area contributed by atoms with Crippen LogP contribution in [0.5, 0.6) is 5.75 Å². The Morgan fingerprint density at radius 3 is 2.71 bits per heavy atom. The van der Waals surface area contributed by atoms with Crippen LogP contribution in [-0.4, -0.2) is 46.6 Å². The summed E-state index contributed by atoms with van der Waals surface area (Å²) in [4.78, 5) is 30.8. The molecule has 0 aliphatic heterocycles. The van der Waals surface area contributed by atoms with Gasteiger partial charge in [-0.25, -0.2) is 0 Å². The number of nitrogens with zero attached hydrogens (tertiary/aromatic N) is 3. The molecule has 8 nitrogen and oxygen atoms in total. The standard InChI is InChI=1S/C13H13F3N4O4/c1-20(4-3-10-18-12(24-19-10)13(14,15)16)11(22)7-5-8(21)9(23-2)6-17-7/h5-6H,3-4H2,1-2H3,(H,17,21). The lowest BCUT2D eigenvalue weighted by Crippen LogP contribution is -2.30. The maximum absolute atomic E-state index is 12.3. The number of aromatic nitrogens is 3. The zero-order valence-corrected chi connectivity index (χ0v) is 12.7. The minimum Gasteiger partial charge on any atom is -0.491 e. The van der Waals surface area contributed by atoms with Crippen molar-refractivity contribution in [2.75, 3.05) is 20.7 Å². The van der Waals surface area contributed by atoms with Gasteiger partial charge in [-0.05, 0) is 0 Å². The highest BCUT2D eigenvalue weighted by atomic mass is 19.4. The van der Waals surface area contributed by atoms with Crippen molar-refractivity contribution in [1.82, 2.24) is 20.0 Å². The molecule has 1 amide bonds. The Balaban J connectivity index is 2.00. The zero-order chi connectivity index (χ0) is 17.9. The lowest BCUT2D eigenvalue weighted by Gasteiger charge is -2.16. The molecule has 0 radical (unpaired) electrons. The first kappa shape index (κ1) is 17.5. The molecule has 0 spiro atoms. The van der Waals surface area contributed by atoms with E-state index in [0.717, 1.165) is 6.07 Å². The summed E-state index contributed by atoms with van der Waals surface area (Å²) in [6.07, 6.45) is -3.50. The molecule has 0 aromatic carbocycles. The Labute approximate surface area is 133 Å². The highest BCUT2D eigenvalue weighted by Gasteiger charge is 2.38. The van der Waals surface area contributed by atoms with Crippen LogP contribution in [0.4, 0.5) is 13.2 Å². The van der Waals surface area contributed by atoms with E-state index >= 15 is 0 Å². The summed E-state index contributed by atoms with van der Waals surface area (Å²) in [6.45, 7) is 0.0315. The first-order valence-corrected chi connectivity index (χ1v) is 6.64. The zero-order valence-electron chi connectivity index (χ0n) is 12.7. The fourth-order valence-corrected chi connectivity index (χ4v) is 1.79. The number of pyridine rings is 1. The number of ether oxygens (including phenoxy) is 1. The van der Waals surface area contributed by atoms with E-state index in [9.17, 15) is 22.8 Å². The van der Waals surface area contributed by atoms with Gasteiger partial charge >= 0.3 is 12.1 Å². The molecule has 0 aliphatic rings. The predicted molar refractivity (Wildman–Crippen MR) is 73.6 cm³/mol. The number of carbonyl (C=O) groups excluding carboxylic acids is 1. The fourth-order valence-electron chi connectivity index (χ4n) is 1.79. The summed E-state index contributed by atoms with van der Waals surface area (Å²) in [7, 11) is 2.74. The molecule has 0 bridgehead atoms. The molecule has 2 aromatic heterocycles. The summed E-state index contributed by atoms with van der Waals surface area (Å²) in [5.74, 6) is -2.08. The second kappa shape index (κ2) is 6.72. The largest absolute Gasteiger partial charge is 0.491 e. The number of H-pyrrole nitrogens is 1. The van der Waals surface area contributed by atoms with Gasteiger partial charge in [-0.2, -0.15) is 18.2 Å². The molecule has 2 aromatic rings. The van der Waals surface area contributed by atoms with E-state index in [1.165, 1.54) is 25.3 Å². The average Bonchev–Trinajstić information content (AvgIpc) is 3.01. The van der Waals surface area contributed by atoms with E-state index in [-0.39, 0.29) is 30.2 Å². The first-order valence-electron chi connectivity index (χ1n) is 6.64. The number of amides is 1. The van der Waals surface area contributed by atoms with Gasteiger partial charge in [0.1, 0.15) is 5.69 Å². The van der Waals surface area contributed by atoms with Crippen molar-refractivity contribution in [1.29, 1.82) is 0 Å². The van der Waals surface area contributed by atoms with Crippen LogP contribution >= 0.6 is 0 Å². The number of halogens is 3. The Morgan fingerprint density at radius 2 is 2.17 bits per heavy atom. The molecular weight excluding hydrogens is 333 g/mol. The summed E-state index contributed by atoms with van der Waals surface area (Å²) >= 11 is 0. The molecular formula is C13H13F3N4O4. The van der Waals surface area contributed by atoms with Crippen LogP contribution in [0, 0.1) is 0 Å². The quantitative estimate of drug-likeness (QED) is 0.870. The Bertz CT molecular complexity index is 784. The number of rotatable bonds is 5. The molecule has 24 heavy (non-hydrogen) atoms. The number of hydrogen-bond donors (Lipinski definition) is 1. The molecule has 2 rings (SSSR count). The number of nitrogens with one attached hydrogen (secondary N) is 1. The minimum atomic E-state index is -4.71. The highest BCUT2D eigenvalue weighted by molar-refractivity contribution is 5.92. The van der Waals surface area contributed by atoms with E-state index < -0.39 is 23.4 Å². The van der Waals surface area contributed by atoms with E-state index in [2.05, 4.69) is 19.6 Å². The van der Waals surface area contributed by atoms with Gasteiger partial charge in [-0.3, -0.25) is 9.59 Å². The minimum absolute atomic E-state index is 0.0207. The molecule has 0 atom stereocenters. The molecule has 2 heterocycles. The van der Waals surface area contributed by atoms with E-state index in [1.54, 1.807) is 0 Å². The Morgan fingerprint density at radius 1 is 1.46 bits per heavy atom. The summed E-state index contributed by atoms with van der Waals surface area (Å²) in [5, 5.41) is 3.21. The molecule has 0 aliphatic carbocycles. The molecule has 0 fully saturated rings. The van der Waals surface area contributed by atoms with Crippen LogP contribution < -0.4 is 10.2 Å². The van der Waals surface area contributed by atoms with Crippen LogP contribution in [0.3, 0.4) is 0 Å². The van der Waals surface area contributed by atoms with Crippen molar-refractivity contribution in [2.45, 2.75) is 12.6 Å². The second-order valence-electron chi connectivity index (χ2n) is 4.77. The van der Waals surface area contributed by atoms with E-state index in [0.29, 0.717) is 0 Å². The van der Waals surface area contributed by atoms with Gasteiger partial charge in [0.2, 0.25) is 5.43 Å². The smallest absolute Gasteiger partial charge is 0.471 e.